The van der Waals surface area contributed by atoms with Gasteiger partial charge in [-0.3, -0.25) is 0 Å². The highest BCUT2D eigenvalue weighted by Crippen LogP contribution is 2.39. The summed E-state index contributed by atoms with van der Waals surface area (Å²) < 4.78 is 12.8. The number of hydrogen-bond donors (Lipinski definition) is 0. The molecule has 5 nitrogen and oxygen atoms in total. The molecule has 56 heavy (non-hydrogen) atoms. The highest BCUT2D eigenvalue weighted by atomic mass is 16.3. The van der Waals surface area contributed by atoms with Crippen LogP contribution in [0.2, 0.25) is 0 Å². The minimum Gasteiger partial charge on any atom is -0.456 e. The molecule has 5 heteroatoms. The molecule has 0 atom stereocenters. The molecule has 0 N–H and O–H groups in total. The van der Waals surface area contributed by atoms with Crippen molar-refractivity contribution < 1.29 is 8.83 Å². The Bertz CT molecular complexity index is 3560. The van der Waals surface area contributed by atoms with Crippen molar-refractivity contribution in [3.63, 3.8) is 0 Å². The number of fused-ring (bicyclic) bond motifs is 9. The third-order valence-corrected chi connectivity index (χ3v) is 11.1. The van der Waals surface area contributed by atoms with E-state index in [9.17, 15) is 0 Å². The fourth-order valence-corrected chi connectivity index (χ4v) is 8.25. The molecule has 0 saturated heterocycles. The lowest BCUT2D eigenvalue weighted by molar-refractivity contribution is 0.669. The molecular weight excluding hydrogens is 687 g/mol. The average molecular weight is 716 g/mol. The number of rotatable bonds is 4. The van der Waals surface area contributed by atoms with Crippen LogP contribution in [-0.2, 0) is 0 Å². The average Bonchev–Trinajstić information content (AvgIpc) is 3.82. The van der Waals surface area contributed by atoms with Crippen molar-refractivity contribution in [2.75, 3.05) is 0 Å². The molecule has 0 radical (unpaired) electrons. The van der Waals surface area contributed by atoms with Gasteiger partial charge in [-0.15, -0.1) is 0 Å². The SMILES string of the molecule is c1ccc2cc(-c3ccc4c(c3)oc3cccc(-c5nc(-c6ccc7ccccc7c6)nc(-c6ccc7cc8c(cc7c6)oc6ccccc68)n5)c34)ccc2c1. The lowest BCUT2D eigenvalue weighted by atomic mass is 9.99. The standard InChI is InChI=1S/C51H29N3O2/c1-3-10-32-24-34(18-16-30(32)8-1)36-22-23-41-46(28-36)56-45-15-7-13-42(48(41)45)51-53-49(37-20-17-31-9-2-4-11-33(31)25-37)52-50(54-51)38-21-19-35-27-43-40-12-5-6-14-44(40)55-47(43)29-39(35)26-38/h1-29H. The van der Waals surface area contributed by atoms with Gasteiger partial charge in [0.05, 0.1) is 0 Å². The van der Waals surface area contributed by atoms with E-state index in [1.54, 1.807) is 0 Å². The molecule has 0 bridgehead atoms. The maximum atomic E-state index is 6.57. The Morgan fingerprint density at radius 3 is 1.61 bits per heavy atom. The van der Waals surface area contributed by atoms with E-state index in [1.807, 2.05) is 30.3 Å². The molecule has 9 aromatic carbocycles. The topological polar surface area (TPSA) is 65.0 Å². The Hall–Kier alpha value is -7.63. The summed E-state index contributed by atoms with van der Waals surface area (Å²) in [5.41, 5.74) is 8.26. The number of benzene rings is 9. The molecule has 12 rings (SSSR count). The van der Waals surface area contributed by atoms with Crippen LogP contribution >= 0.6 is 0 Å². The first-order chi connectivity index (χ1) is 27.7. The van der Waals surface area contributed by atoms with Crippen LogP contribution in [0.3, 0.4) is 0 Å². The number of nitrogens with zero attached hydrogens (tertiary/aromatic N) is 3. The van der Waals surface area contributed by atoms with E-state index >= 15 is 0 Å². The third-order valence-electron chi connectivity index (χ3n) is 11.1. The van der Waals surface area contributed by atoms with Crippen LogP contribution in [0, 0.1) is 0 Å². The van der Waals surface area contributed by atoms with Crippen LogP contribution in [0.5, 0.6) is 0 Å². The van der Waals surface area contributed by atoms with E-state index in [2.05, 4.69) is 146 Å². The summed E-state index contributed by atoms with van der Waals surface area (Å²) in [4.78, 5) is 15.5. The van der Waals surface area contributed by atoms with Crippen LogP contribution in [0.15, 0.2) is 185 Å². The summed E-state index contributed by atoms with van der Waals surface area (Å²) in [5.74, 6) is 1.78. The molecule has 0 amide bonds. The normalized spacial score (nSPS) is 11.9. The molecule has 12 aromatic rings. The molecule has 0 unspecified atom stereocenters. The molecule has 0 saturated carbocycles. The molecule has 0 aliphatic rings. The van der Waals surface area contributed by atoms with Crippen molar-refractivity contribution in [2.24, 2.45) is 0 Å². The second kappa shape index (κ2) is 11.9. The zero-order valence-corrected chi connectivity index (χ0v) is 29.9. The van der Waals surface area contributed by atoms with E-state index in [1.165, 1.54) is 10.8 Å². The van der Waals surface area contributed by atoms with Gasteiger partial charge in [-0.1, -0.05) is 121 Å². The fourth-order valence-electron chi connectivity index (χ4n) is 8.25. The summed E-state index contributed by atoms with van der Waals surface area (Å²) in [5, 5.41) is 11.1. The Balaban J connectivity index is 1.04. The summed E-state index contributed by atoms with van der Waals surface area (Å²) in [6.45, 7) is 0. The monoisotopic (exact) mass is 715 g/mol. The molecule has 0 aliphatic carbocycles. The van der Waals surface area contributed by atoms with Crippen LogP contribution in [0.4, 0.5) is 0 Å². The van der Waals surface area contributed by atoms with Gasteiger partial charge in [0, 0.05) is 38.2 Å². The number of para-hydroxylation sites is 1. The van der Waals surface area contributed by atoms with Crippen LogP contribution in [-0.4, -0.2) is 15.0 Å². The van der Waals surface area contributed by atoms with Crippen molar-refractivity contribution in [2.45, 2.75) is 0 Å². The van der Waals surface area contributed by atoms with Gasteiger partial charge in [0.25, 0.3) is 0 Å². The molecule has 3 aromatic heterocycles. The molecule has 260 valence electrons. The first-order valence-electron chi connectivity index (χ1n) is 18.7. The first-order valence-corrected chi connectivity index (χ1v) is 18.7. The van der Waals surface area contributed by atoms with Crippen molar-refractivity contribution in [1.29, 1.82) is 0 Å². The van der Waals surface area contributed by atoms with Crippen molar-refractivity contribution >= 4 is 76.2 Å². The van der Waals surface area contributed by atoms with Gasteiger partial charge in [-0.05, 0) is 98.0 Å². The molecular formula is C51H29N3O2. The molecule has 0 aliphatic heterocycles. The van der Waals surface area contributed by atoms with E-state index in [0.717, 1.165) is 93.2 Å². The second-order valence-electron chi connectivity index (χ2n) is 14.4. The van der Waals surface area contributed by atoms with Gasteiger partial charge in [0.1, 0.15) is 22.3 Å². The Labute approximate surface area is 320 Å². The maximum Gasteiger partial charge on any atom is 0.164 e. The van der Waals surface area contributed by atoms with Gasteiger partial charge in [-0.2, -0.15) is 0 Å². The van der Waals surface area contributed by atoms with Crippen molar-refractivity contribution in [3.05, 3.63) is 176 Å². The second-order valence-corrected chi connectivity index (χ2v) is 14.4. The third kappa shape index (κ3) is 4.91. The lowest BCUT2D eigenvalue weighted by Gasteiger charge is -2.10. The fraction of sp³-hybridized carbons (Fsp3) is 0. The summed E-state index contributed by atoms with van der Waals surface area (Å²) in [6.07, 6.45) is 0. The predicted octanol–water partition coefficient (Wildman–Crippen LogP) is 13.8. The van der Waals surface area contributed by atoms with Gasteiger partial charge < -0.3 is 8.83 Å². The Kier molecular flexibility index (Phi) is 6.56. The van der Waals surface area contributed by atoms with Gasteiger partial charge in [0.2, 0.25) is 0 Å². The Morgan fingerprint density at radius 1 is 0.286 bits per heavy atom. The van der Waals surface area contributed by atoms with Crippen molar-refractivity contribution in [3.8, 4) is 45.3 Å². The highest BCUT2D eigenvalue weighted by molar-refractivity contribution is 6.13. The van der Waals surface area contributed by atoms with E-state index in [-0.39, 0.29) is 0 Å². The van der Waals surface area contributed by atoms with Gasteiger partial charge >= 0.3 is 0 Å². The lowest BCUT2D eigenvalue weighted by Crippen LogP contribution is -2.00. The minimum atomic E-state index is 0.581. The highest BCUT2D eigenvalue weighted by Gasteiger charge is 2.19. The molecule has 3 heterocycles. The smallest absolute Gasteiger partial charge is 0.164 e. The van der Waals surface area contributed by atoms with Crippen LogP contribution in [0.1, 0.15) is 0 Å². The molecule has 0 spiro atoms. The predicted molar refractivity (Wildman–Crippen MR) is 229 cm³/mol. The van der Waals surface area contributed by atoms with Crippen LogP contribution < -0.4 is 0 Å². The first kappa shape index (κ1) is 30.8. The minimum absolute atomic E-state index is 0.581. The zero-order valence-electron chi connectivity index (χ0n) is 29.9. The van der Waals surface area contributed by atoms with Gasteiger partial charge in [-0.25, -0.2) is 15.0 Å². The van der Waals surface area contributed by atoms with Crippen LogP contribution in [0.25, 0.3) is 121 Å². The zero-order chi connectivity index (χ0) is 36.7. The largest absolute Gasteiger partial charge is 0.456 e. The van der Waals surface area contributed by atoms with Gasteiger partial charge in [0.15, 0.2) is 17.5 Å². The van der Waals surface area contributed by atoms with E-state index in [4.69, 9.17) is 23.8 Å². The van der Waals surface area contributed by atoms with E-state index in [0.29, 0.717) is 17.5 Å². The number of furan rings is 2. The molecule has 0 fully saturated rings. The summed E-state index contributed by atoms with van der Waals surface area (Å²) in [7, 11) is 0. The van der Waals surface area contributed by atoms with Crippen molar-refractivity contribution in [1.82, 2.24) is 15.0 Å². The maximum absolute atomic E-state index is 6.57. The summed E-state index contributed by atoms with van der Waals surface area (Å²) in [6, 6.07) is 61.2. The number of hydrogen-bond acceptors (Lipinski definition) is 5. The Morgan fingerprint density at radius 2 is 0.821 bits per heavy atom. The van der Waals surface area contributed by atoms with E-state index < -0.39 is 0 Å². The summed E-state index contributed by atoms with van der Waals surface area (Å²) >= 11 is 0. The number of aromatic nitrogens is 3. The quantitative estimate of drug-likeness (QED) is 0.181.